The monoisotopic (exact) mass is 772 g/mol. The highest BCUT2D eigenvalue weighted by molar-refractivity contribution is 6.18. The fourth-order valence-electron chi connectivity index (χ4n) is 10.4. The Labute approximate surface area is 349 Å². The van der Waals surface area contributed by atoms with Crippen LogP contribution in [0.15, 0.2) is 188 Å². The van der Waals surface area contributed by atoms with E-state index in [1.807, 2.05) is 0 Å². The van der Waals surface area contributed by atoms with Gasteiger partial charge in [-0.25, -0.2) is 4.98 Å². The third kappa shape index (κ3) is 5.20. The maximum absolute atomic E-state index is 5.24. The minimum Gasteiger partial charge on any atom is -0.360 e. The van der Waals surface area contributed by atoms with Crippen molar-refractivity contribution in [2.75, 3.05) is 11.4 Å². The van der Waals surface area contributed by atoms with E-state index in [2.05, 4.69) is 216 Å². The Kier molecular flexibility index (Phi) is 7.65. The Morgan fingerprint density at radius 2 is 1.43 bits per heavy atom. The minimum absolute atomic E-state index is 0.0539. The lowest BCUT2D eigenvalue weighted by atomic mass is 9.72. The molecule has 3 atom stereocenters. The maximum atomic E-state index is 5.24. The van der Waals surface area contributed by atoms with Gasteiger partial charge in [0.05, 0.1) is 28.1 Å². The first-order chi connectivity index (χ1) is 29.4. The molecule has 60 heavy (non-hydrogen) atoms. The molecule has 3 aliphatic rings. The number of benzene rings is 6. The van der Waals surface area contributed by atoms with Gasteiger partial charge in [0.15, 0.2) is 0 Å². The number of anilines is 1. The molecular formula is C56H44N4. The standard InChI is InChI=1S/C56H44N4/c1-36-23-25-51-46(29-36)44-18-8-10-20-50(44)59(51)43-31-41(30-42(35-43)58-28-14-4-5-15-37(2)56(3)27-13-12-22-54(56)58)40-24-26-52-47(33-40)45-32-38-16-6-7-17-39(38)34-48(45)55-57-49-19-9-11-21-53(49)60(52)55/h4-27,30-36,54H,2,28-29H2,1,3H3/b14-4-,15-5?/t36-,54?,56-/m0/s1. The average Bonchev–Trinajstić information content (AvgIpc) is 3.84. The molecule has 4 heteroatoms. The number of hydrogen-bond acceptors (Lipinski definition) is 2. The number of para-hydroxylation sites is 3. The molecule has 9 aromatic rings. The molecule has 12 rings (SSSR count). The zero-order valence-corrected chi connectivity index (χ0v) is 33.9. The number of rotatable bonds is 3. The third-order valence-corrected chi connectivity index (χ3v) is 13.5. The number of fused-ring (bicyclic) bond motifs is 13. The van der Waals surface area contributed by atoms with E-state index in [9.17, 15) is 0 Å². The van der Waals surface area contributed by atoms with Gasteiger partial charge in [-0.05, 0) is 124 Å². The van der Waals surface area contributed by atoms with Crippen molar-refractivity contribution in [3.05, 3.63) is 199 Å². The normalized spacial score (nSPS) is 20.6. The molecule has 1 unspecified atom stereocenters. The zero-order chi connectivity index (χ0) is 40.1. The molecule has 0 saturated heterocycles. The van der Waals surface area contributed by atoms with E-state index in [-0.39, 0.29) is 11.5 Å². The topological polar surface area (TPSA) is 25.5 Å². The van der Waals surface area contributed by atoms with Crippen molar-refractivity contribution in [3.8, 4) is 16.8 Å². The van der Waals surface area contributed by atoms with E-state index < -0.39 is 0 Å². The van der Waals surface area contributed by atoms with Crippen LogP contribution in [0.1, 0.15) is 25.1 Å². The summed E-state index contributed by atoms with van der Waals surface area (Å²) in [7, 11) is 0. The molecule has 0 spiro atoms. The van der Waals surface area contributed by atoms with Crippen LogP contribution in [0.3, 0.4) is 0 Å². The predicted octanol–water partition coefficient (Wildman–Crippen LogP) is 13.8. The number of allylic oxidation sites excluding steroid dienone is 6. The van der Waals surface area contributed by atoms with Crippen molar-refractivity contribution in [1.82, 2.24) is 14.0 Å². The Balaban J connectivity index is 1.15. The Morgan fingerprint density at radius 1 is 0.650 bits per heavy atom. The lowest BCUT2D eigenvalue weighted by Crippen LogP contribution is -2.46. The predicted molar refractivity (Wildman–Crippen MR) is 254 cm³/mol. The maximum Gasteiger partial charge on any atom is 0.146 e. The van der Waals surface area contributed by atoms with Crippen LogP contribution in [-0.4, -0.2) is 26.5 Å². The Hall–Kier alpha value is -7.17. The Bertz CT molecular complexity index is 3450. The quantitative estimate of drug-likeness (QED) is 0.132. The summed E-state index contributed by atoms with van der Waals surface area (Å²) in [5.74, 6) is 0.490. The first kappa shape index (κ1) is 34.8. The van der Waals surface area contributed by atoms with E-state index in [1.165, 1.54) is 60.5 Å². The summed E-state index contributed by atoms with van der Waals surface area (Å²) in [6, 6.07) is 45.2. The van der Waals surface area contributed by atoms with Gasteiger partial charge in [-0.15, -0.1) is 0 Å². The van der Waals surface area contributed by atoms with Gasteiger partial charge in [0.1, 0.15) is 5.65 Å². The van der Waals surface area contributed by atoms with E-state index in [4.69, 9.17) is 4.98 Å². The van der Waals surface area contributed by atoms with Gasteiger partial charge >= 0.3 is 0 Å². The van der Waals surface area contributed by atoms with Gasteiger partial charge in [0.25, 0.3) is 0 Å². The molecule has 0 N–H and O–H groups in total. The second-order valence-electron chi connectivity index (χ2n) is 17.2. The van der Waals surface area contributed by atoms with Crippen LogP contribution in [0.25, 0.3) is 82.9 Å². The molecule has 0 saturated carbocycles. The highest BCUT2D eigenvalue weighted by Gasteiger charge is 2.38. The van der Waals surface area contributed by atoms with Crippen LogP contribution in [0.5, 0.6) is 0 Å². The van der Waals surface area contributed by atoms with Crippen LogP contribution in [0, 0.1) is 11.3 Å². The molecule has 3 aromatic heterocycles. The molecule has 0 fully saturated rings. The smallest absolute Gasteiger partial charge is 0.146 e. The second-order valence-corrected chi connectivity index (χ2v) is 17.2. The summed E-state index contributed by atoms with van der Waals surface area (Å²) in [6.07, 6.45) is 23.6. The largest absolute Gasteiger partial charge is 0.360 e. The molecule has 2 aliphatic carbocycles. The summed E-state index contributed by atoms with van der Waals surface area (Å²) in [5, 5.41) is 7.34. The van der Waals surface area contributed by atoms with Crippen molar-refractivity contribution in [2.24, 2.45) is 11.3 Å². The number of imidazole rings is 1. The van der Waals surface area contributed by atoms with Gasteiger partial charge < -0.3 is 9.47 Å². The molecule has 0 amide bonds. The Morgan fingerprint density at radius 3 is 2.32 bits per heavy atom. The van der Waals surface area contributed by atoms with Crippen LogP contribution < -0.4 is 4.90 Å². The number of nitrogens with zero attached hydrogens (tertiary/aromatic N) is 4. The van der Waals surface area contributed by atoms with E-state index in [0.717, 1.165) is 51.8 Å². The number of hydrogen-bond donors (Lipinski definition) is 0. The summed E-state index contributed by atoms with van der Waals surface area (Å²) in [6.45, 7) is 10.0. The van der Waals surface area contributed by atoms with E-state index in [0.29, 0.717) is 5.92 Å². The van der Waals surface area contributed by atoms with Gasteiger partial charge in [0, 0.05) is 45.2 Å². The third-order valence-electron chi connectivity index (χ3n) is 13.5. The van der Waals surface area contributed by atoms with Gasteiger partial charge in [0.2, 0.25) is 0 Å². The molecule has 6 aromatic carbocycles. The second kappa shape index (κ2) is 13.2. The van der Waals surface area contributed by atoms with Crippen LogP contribution in [0.2, 0.25) is 0 Å². The molecule has 4 heterocycles. The van der Waals surface area contributed by atoms with Gasteiger partial charge in [-0.3, -0.25) is 4.40 Å². The molecule has 0 radical (unpaired) electrons. The van der Waals surface area contributed by atoms with Crippen molar-refractivity contribution in [1.29, 1.82) is 0 Å². The van der Waals surface area contributed by atoms with Crippen LogP contribution in [0.4, 0.5) is 5.69 Å². The van der Waals surface area contributed by atoms with E-state index in [1.54, 1.807) is 0 Å². The lowest BCUT2D eigenvalue weighted by molar-refractivity contribution is 0.439. The molecule has 1 aliphatic heterocycles. The first-order valence-corrected chi connectivity index (χ1v) is 21.2. The molecule has 4 nitrogen and oxygen atoms in total. The van der Waals surface area contributed by atoms with Crippen molar-refractivity contribution >= 4 is 71.8 Å². The molecule has 0 bridgehead atoms. The number of pyridine rings is 1. The average molecular weight is 773 g/mol. The summed E-state index contributed by atoms with van der Waals surface area (Å²) in [5.41, 5.74) is 13.7. The van der Waals surface area contributed by atoms with Gasteiger partial charge in [-0.2, -0.15) is 0 Å². The summed E-state index contributed by atoms with van der Waals surface area (Å²) < 4.78 is 4.87. The van der Waals surface area contributed by atoms with Crippen molar-refractivity contribution in [3.63, 3.8) is 0 Å². The first-order valence-electron chi connectivity index (χ1n) is 21.2. The SMILES string of the molecule is C=C1C=C/C=C\CN(c2cc(-c3ccc4c(c3)c3cc5ccccc5cc3c3nc5ccccc5n43)cc(-n3c4c(c5ccccc53)C[C@@H](C)C=C4)c2)C2C=CC=C[C@@]12C. The van der Waals surface area contributed by atoms with Crippen LogP contribution >= 0.6 is 0 Å². The number of aromatic nitrogens is 3. The fourth-order valence-corrected chi connectivity index (χ4v) is 10.4. The van der Waals surface area contributed by atoms with E-state index >= 15 is 0 Å². The van der Waals surface area contributed by atoms with Crippen molar-refractivity contribution in [2.45, 2.75) is 26.3 Å². The summed E-state index contributed by atoms with van der Waals surface area (Å²) >= 11 is 0. The lowest BCUT2D eigenvalue weighted by Gasteiger charge is -2.44. The fraction of sp³-hybridized carbons (Fsp3) is 0.125. The van der Waals surface area contributed by atoms with Gasteiger partial charge in [-0.1, -0.05) is 129 Å². The highest BCUT2D eigenvalue weighted by Crippen LogP contribution is 2.44. The minimum atomic E-state index is -0.296. The molecule has 288 valence electrons. The van der Waals surface area contributed by atoms with Crippen molar-refractivity contribution < 1.29 is 0 Å². The summed E-state index contributed by atoms with van der Waals surface area (Å²) in [4.78, 5) is 7.81. The van der Waals surface area contributed by atoms with Crippen LogP contribution in [-0.2, 0) is 6.42 Å². The molecular weight excluding hydrogens is 729 g/mol. The highest BCUT2D eigenvalue weighted by atomic mass is 15.2. The zero-order valence-electron chi connectivity index (χ0n) is 33.9.